The Morgan fingerprint density at radius 3 is 2.92 bits per heavy atom. The summed E-state index contributed by atoms with van der Waals surface area (Å²) in [6, 6.07) is 1.50. The van der Waals surface area contributed by atoms with Crippen molar-refractivity contribution in [3.63, 3.8) is 0 Å². The molecule has 1 aromatic rings. The molecule has 13 heavy (non-hydrogen) atoms. The lowest BCUT2D eigenvalue weighted by Crippen LogP contribution is -2.26. The third-order valence-electron chi connectivity index (χ3n) is 1.73. The molecule has 0 radical (unpaired) electrons. The molecule has 2 rings (SSSR count). The third kappa shape index (κ3) is 1.41. The number of rotatable bonds is 1. The Kier molecular flexibility index (Phi) is 1.61. The van der Waals surface area contributed by atoms with E-state index in [1.165, 1.54) is 12.3 Å². The summed E-state index contributed by atoms with van der Waals surface area (Å²) in [5.74, 6) is -0.147. The van der Waals surface area contributed by atoms with Gasteiger partial charge in [0.2, 0.25) is 0 Å². The predicted octanol–water partition coefficient (Wildman–Crippen LogP) is 1.97. The van der Waals surface area contributed by atoms with Gasteiger partial charge in [0, 0.05) is 6.20 Å². The summed E-state index contributed by atoms with van der Waals surface area (Å²) in [6.45, 7) is 1.90. The van der Waals surface area contributed by atoms with Crippen LogP contribution in [0.4, 0.5) is 8.78 Å². The van der Waals surface area contributed by atoms with Crippen molar-refractivity contribution in [2.45, 2.75) is 19.6 Å². The first-order valence-electron chi connectivity index (χ1n) is 3.85. The van der Waals surface area contributed by atoms with Crippen molar-refractivity contribution in [1.29, 1.82) is 0 Å². The van der Waals surface area contributed by atoms with E-state index in [0.29, 0.717) is 0 Å². The van der Waals surface area contributed by atoms with E-state index in [9.17, 15) is 8.78 Å². The first-order chi connectivity index (χ1) is 6.11. The van der Waals surface area contributed by atoms with Crippen LogP contribution >= 0.6 is 0 Å². The van der Waals surface area contributed by atoms with Crippen LogP contribution in [-0.4, -0.2) is 11.3 Å². The number of aromatic nitrogens is 1. The molecule has 0 amide bonds. The Bertz CT molecular complexity index is 341. The second kappa shape index (κ2) is 2.55. The minimum absolute atomic E-state index is 0.00403. The zero-order valence-electron chi connectivity index (χ0n) is 6.88. The van der Waals surface area contributed by atoms with Gasteiger partial charge in [-0.25, -0.2) is 4.98 Å². The molecule has 0 bridgehead atoms. The lowest BCUT2D eigenvalue weighted by atomic mass is 10.2. The van der Waals surface area contributed by atoms with E-state index < -0.39 is 6.29 Å². The first kappa shape index (κ1) is 8.22. The Balaban J connectivity index is 2.36. The molecule has 0 saturated heterocycles. The van der Waals surface area contributed by atoms with E-state index >= 15 is 0 Å². The van der Waals surface area contributed by atoms with E-state index in [0.717, 1.165) is 12.0 Å². The summed E-state index contributed by atoms with van der Waals surface area (Å²) in [4.78, 5) is 3.70. The third-order valence-corrected chi connectivity index (χ3v) is 1.73. The summed E-state index contributed by atoms with van der Waals surface area (Å²) >= 11 is 0. The highest BCUT2D eigenvalue weighted by Gasteiger charge is 2.44. The summed E-state index contributed by atoms with van der Waals surface area (Å²) in [6.07, 6.45) is -1.36. The van der Waals surface area contributed by atoms with Crippen molar-refractivity contribution in [1.82, 2.24) is 4.98 Å². The zero-order chi connectivity index (χ0) is 9.47. The largest absolute Gasteiger partial charge is 0.587 e. The number of aryl methyl sites for hydroxylation is 1. The van der Waals surface area contributed by atoms with Crippen molar-refractivity contribution >= 4 is 0 Å². The molecule has 0 spiro atoms. The standard InChI is InChI=1S/C8H7F2NO2/c1-2-5-3-6-7(11-4-5)13-8(9,10)12-6/h3-4H,2H2,1H3. The summed E-state index contributed by atoms with van der Waals surface area (Å²) < 4.78 is 33.3. The Morgan fingerprint density at radius 1 is 1.46 bits per heavy atom. The summed E-state index contributed by atoms with van der Waals surface area (Å²) in [5, 5.41) is 0. The second-order valence-electron chi connectivity index (χ2n) is 2.67. The maximum Gasteiger partial charge on any atom is 0.587 e. The Hall–Kier alpha value is -1.39. The van der Waals surface area contributed by atoms with E-state index in [-0.39, 0.29) is 11.6 Å². The van der Waals surface area contributed by atoms with Crippen LogP contribution in [0.15, 0.2) is 12.3 Å². The highest BCUT2D eigenvalue weighted by atomic mass is 19.3. The molecule has 3 nitrogen and oxygen atoms in total. The van der Waals surface area contributed by atoms with Gasteiger partial charge in [-0.3, -0.25) is 0 Å². The van der Waals surface area contributed by atoms with Crippen molar-refractivity contribution in [3.05, 3.63) is 17.8 Å². The van der Waals surface area contributed by atoms with E-state index in [1.807, 2.05) is 6.92 Å². The minimum atomic E-state index is -3.57. The predicted molar refractivity (Wildman–Crippen MR) is 39.8 cm³/mol. The van der Waals surface area contributed by atoms with Gasteiger partial charge in [-0.15, -0.1) is 8.78 Å². The monoisotopic (exact) mass is 187 g/mol. The second-order valence-corrected chi connectivity index (χ2v) is 2.67. The molecule has 0 fully saturated rings. The molecule has 0 aliphatic carbocycles. The van der Waals surface area contributed by atoms with Crippen LogP contribution in [0.25, 0.3) is 0 Å². The number of halogens is 2. The fraction of sp³-hybridized carbons (Fsp3) is 0.375. The summed E-state index contributed by atoms with van der Waals surface area (Å²) in [5.41, 5.74) is 0.833. The van der Waals surface area contributed by atoms with Crippen LogP contribution in [0.2, 0.25) is 0 Å². The molecule has 70 valence electrons. The van der Waals surface area contributed by atoms with Gasteiger partial charge in [-0.2, -0.15) is 0 Å². The lowest BCUT2D eigenvalue weighted by Gasteiger charge is -2.03. The van der Waals surface area contributed by atoms with E-state index in [1.54, 1.807) is 0 Å². The first-order valence-corrected chi connectivity index (χ1v) is 3.85. The van der Waals surface area contributed by atoms with Gasteiger partial charge in [0.05, 0.1) is 0 Å². The molecule has 0 saturated carbocycles. The number of nitrogens with zero attached hydrogens (tertiary/aromatic N) is 1. The van der Waals surface area contributed by atoms with Crippen molar-refractivity contribution < 1.29 is 18.3 Å². The number of hydrogen-bond acceptors (Lipinski definition) is 3. The zero-order valence-corrected chi connectivity index (χ0v) is 6.88. The van der Waals surface area contributed by atoms with Crippen molar-refractivity contribution in [2.75, 3.05) is 0 Å². The number of ether oxygens (including phenoxy) is 2. The molecule has 5 heteroatoms. The molecule has 1 aliphatic heterocycles. The van der Waals surface area contributed by atoms with Crippen LogP contribution in [-0.2, 0) is 6.42 Å². The highest BCUT2D eigenvalue weighted by Crippen LogP contribution is 2.39. The number of fused-ring (bicyclic) bond motifs is 1. The van der Waals surface area contributed by atoms with Crippen molar-refractivity contribution in [3.8, 4) is 11.6 Å². The van der Waals surface area contributed by atoms with Crippen LogP contribution in [0.3, 0.4) is 0 Å². The SMILES string of the molecule is CCc1cnc2c(c1)OC(F)(F)O2. The van der Waals surface area contributed by atoms with Gasteiger partial charge in [0.25, 0.3) is 5.88 Å². The van der Waals surface area contributed by atoms with E-state index in [4.69, 9.17) is 0 Å². The molecule has 1 aromatic heterocycles. The molecule has 0 N–H and O–H groups in total. The number of alkyl halides is 2. The van der Waals surface area contributed by atoms with Gasteiger partial charge in [0.15, 0.2) is 5.75 Å². The lowest BCUT2D eigenvalue weighted by molar-refractivity contribution is -0.287. The molecule has 0 unspecified atom stereocenters. The fourth-order valence-electron chi connectivity index (χ4n) is 1.08. The van der Waals surface area contributed by atoms with Gasteiger partial charge in [-0.1, -0.05) is 6.92 Å². The average molecular weight is 187 g/mol. The van der Waals surface area contributed by atoms with Gasteiger partial charge in [0.1, 0.15) is 0 Å². The topological polar surface area (TPSA) is 31.4 Å². The summed E-state index contributed by atoms with van der Waals surface area (Å²) in [7, 11) is 0. The quantitative estimate of drug-likeness (QED) is 0.673. The van der Waals surface area contributed by atoms with Gasteiger partial charge < -0.3 is 9.47 Å². The maximum absolute atomic E-state index is 12.5. The Labute approximate surface area is 73.3 Å². The molecular weight excluding hydrogens is 180 g/mol. The normalized spacial score (nSPS) is 17.5. The highest BCUT2D eigenvalue weighted by molar-refractivity contribution is 5.38. The fourth-order valence-corrected chi connectivity index (χ4v) is 1.08. The molecule has 0 atom stereocenters. The van der Waals surface area contributed by atoms with E-state index in [2.05, 4.69) is 14.5 Å². The Morgan fingerprint density at radius 2 is 2.23 bits per heavy atom. The van der Waals surface area contributed by atoms with Crippen LogP contribution in [0.1, 0.15) is 12.5 Å². The van der Waals surface area contributed by atoms with Crippen LogP contribution in [0.5, 0.6) is 11.6 Å². The molecule has 1 aliphatic rings. The molecule has 0 aromatic carbocycles. The van der Waals surface area contributed by atoms with Gasteiger partial charge >= 0.3 is 6.29 Å². The maximum atomic E-state index is 12.5. The van der Waals surface area contributed by atoms with Gasteiger partial charge in [-0.05, 0) is 18.1 Å². The molecular formula is C8H7F2NO2. The smallest absolute Gasteiger partial charge is 0.393 e. The van der Waals surface area contributed by atoms with Crippen LogP contribution < -0.4 is 9.47 Å². The van der Waals surface area contributed by atoms with Crippen molar-refractivity contribution in [2.24, 2.45) is 0 Å². The van der Waals surface area contributed by atoms with Crippen LogP contribution in [0, 0.1) is 0 Å². The number of pyridine rings is 1. The average Bonchev–Trinajstić information content (AvgIpc) is 2.36. The molecule has 2 heterocycles. The minimum Gasteiger partial charge on any atom is -0.393 e. The number of hydrogen-bond donors (Lipinski definition) is 0.